The average Bonchev–Trinajstić information content (AvgIpc) is 3.15. The number of rotatable bonds is 4. The van der Waals surface area contributed by atoms with Gasteiger partial charge in [-0.25, -0.2) is 4.98 Å². The largest absolute Gasteiger partial charge is 0.427 e. The van der Waals surface area contributed by atoms with Crippen LogP contribution in [0.2, 0.25) is 0 Å². The van der Waals surface area contributed by atoms with E-state index in [0.717, 1.165) is 10.9 Å². The number of para-hydroxylation sites is 1. The molecule has 2 aromatic carbocycles. The number of anilines is 1. The maximum Gasteiger partial charge on any atom is 0.308 e. The van der Waals surface area contributed by atoms with Crippen molar-refractivity contribution < 1.29 is 14.3 Å². The summed E-state index contributed by atoms with van der Waals surface area (Å²) < 4.78 is 6.42. The van der Waals surface area contributed by atoms with Crippen molar-refractivity contribution in [2.45, 2.75) is 6.92 Å². The molecule has 0 radical (unpaired) electrons. The van der Waals surface area contributed by atoms with Gasteiger partial charge < -0.3 is 10.1 Å². The van der Waals surface area contributed by atoms with Crippen molar-refractivity contribution in [1.82, 2.24) is 14.8 Å². The highest BCUT2D eigenvalue weighted by Gasteiger charge is 2.17. The lowest BCUT2D eigenvalue weighted by molar-refractivity contribution is -0.131. The van der Waals surface area contributed by atoms with Gasteiger partial charge in [-0.05, 0) is 36.4 Å². The Hall–Kier alpha value is -4.51. The summed E-state index contributed by atoms with van der Waals surface area (Å²) in [6.45, 7) is 1.28. The van der Waals surface area contributed by atoms with Crippen LogP contribution in [0.1, 0.15) is 22.8 Å². The molecule has 1 amide bonds. The van der Waals surface area contributed by atoms with Gasteiger partial charge in [0.1, 0.15) is 17.4 Å². The Bertz CT molecular complexity index is 1320. The lowest BCUT2D eigenvalue weighted by Crippen LogP contribution is -2.16. The van der Waals surface area contributed by atoms with Crippen LogP contribution in [0.15, 0.2) is 66.9 Å². The average molecular weight is 397 g/mol. The Morgan fingerprint density at radius 2 is 1.93 bits per heavy atom. The van der Waals surface area contributed by atoms with Gasteiger partial charge >= 0.3 is 5.97 Å². The molecule has 0 saturated heterocycles. The summed E-state index contributed by atoms with van der Waals surface area (Å²) in [5.41, 5.74) is 1.21. The fourth-order valence-electron chi connectivity index (χ4n) is 2.94. The molecule has 0 saturated carbocycles. The van der Waals surface area contributed by atoms with Gasteiger partial charge in [0.05, 0.1) is 11.7 Å². The number of carbonyl (C=O) groups excluding carboxylic acids is 2. The summed E-state index contributed by atoms with van der Waals surface area (Å²) >= 11 is 0. The molecule has 30 heavy (non-hydrogen) atoms. The van der Waals surface area contributed by atoms with E-state index in [1.807, 2.05) is 36.4 Å². The van der Waals surface area contributed by atoms with Crippen LogP contribution in [0.25, 0.3) is 16.7 Å². The molecule has 0 aliphatic carbocycles. The zero-order valence-electron chi connectivity index (χ0n) is 15.9. The summed E-state index contributed by atoms with van der Waals surface area (Å²) in [7, 11) is 0. The molecule has 0 unspecified atom stereocenters. The fraction of sp³-hybridized carbons (Fsp3) is 0.0455. The summed E-state index contributed by atoms with van der Waals surface area (Å²) in [5, 5.41) is 17.3. The van der Waals surface area contributed by atoms with Crippen molar-refractivity contribution in [2.75, 3.05) is 5.32 Å². The first kappa shape index (κ1) is 18.8. The Balaban J connectivity index is 1.69. The van der Waals surface area contributed by atoms with E-state index in [-0.39, 0.29) is 22.7 Å². The SMILES string of the molecule is CC(=O)Oc1cccc(C(=O)Nc2c(C#N)cnn2-c2ccc3ccccc3n2)c1. The van der Waals surface area contributed by atoms with Crippen LogP contribution in [0.5, 0.6) is 5.75 Å². The third-order valence-electron chi connectivity index (χ3n) is 4.28. The minimum atomic E-state index is -0.486. The highest BCUT2D eigenvalue weighted by atomic mass is 16.5. The van der Waals surface area contributed by atoms with Crippen molar-refractivity contribution in [3.63, 3.8) is 0 Å². The second-order valence-electron chi connectivity index (χ2n) is 6.37. The van der Waals surface area contributed by atoms with E-state index in [0.29, 0.717) is 5.82 Å². The Labute approximate surface area is 171 Å². The zero-order valence-corrected chi connectivity index (χ0v) is 15.9. The number of fused-ring (bicyclic) bond motifs is 1. The maximum absolute atomic E-state index is 12.8. The van der Waals surface area contributed by atoms with E-state index < -0.39 is 11.9 Å². The third-order valence-corrected chi connectivity index (χ3v) is 4.28. The van der Waals surface area contributed by atoms with Crippen molar-refractivity contribution >= 4 is 28.6 Å². The molecular formula is C22H15N5O3. The molecule has 2 aromatic heterocycles. The number of hydrogen-bond donors (Lipinski definition) is 1. The van der Waals surface area contributed by atoms with E-state index >= 15 is 0 Å². The molecule has 0 aliphatic heterocycles. The van der Waals surface area contributed by atoms with Crippen LogP contribution in [0.3, 0.4) is 0 Å². The second kappa shape index (κ2) is 7.85. The lowest BCUT2D eigenvalue weighted by Gasteiger charge is -2.10. The normalized spacial score (nSPS) is 10.4. The molecule has 4 rings (SSSR count). The van der Waals surface area contributed by atoms with Gasteiger partial charge in [0.2, 0.25) is 0 Å². The standard InChI is InChI=1S/C22H15N5O3/c1-14(28)30-18-7-4-6-16(11-18)22(29)26-21-17(12-23)13-24-27(21)20-10-9-15-5-2-3-8-19(15)25-20/h2-11,13H,1H3,(H,26,29). The number of amides is 1. The number of ether oxygens (including phenoxy) is 1. The van der Waals surface area contributed by atoms with Gasteiger partial charge in [0.15, 0.2) is 11.6 Å². The molecule has 8 heteroatoms. The van der Waals surface area contributed by atoms with E-state index in [4.69, 9.17) is 4.74 Å². The fourth-order valence-corrected chi connectivity index (χ4v) is 2.94. The summed E-state index contributed by atoms with van der Waals surface area (Å²) in [6.07, 6.45) is 1.36. The number of nitriles is 1. The maximum atomic E-state index is 12.8. The highest BCUT2D eigenvalue weighted by Crippen LogP contribution is 2.22. The quantitative estimate of drug-likeness (QED) is 0.417. The van der Waals surface area contributed by atoms with Gasteiger partial charge in [0, 0.05) is 17.9 Å². The molecule has 0 bridgehead atoms. The van der Waals surface area contributed by atoms with E-state index in [1.54, 1.807) is 24.3 Å². The van der Waals surface area contributed by atoms with Gasteiger partial charge in [-0.2, -0.15) is 15.0 Å². The summed E-state index contributed by atoms with van der Waals surface area (Å²) in [5.74, 6) is -0.0643. The van der Waals surface area contributed by atoms with Crippen molar-refractivity contribution in [3.8, 4) is 17.6 Å². The molecule has 0 aliphatic rings. The van der Waals surface area contributed by atoms with Gasteiger partial charge in [0.25, 0.3) is 5.91 Å². The van der Waals surface area contributed by atoms with Crippen LogP contribution in [0, 0.1) is 11.3 Å². The number of nitrogens with zero attached hydrogens (tertiary/aromatic N) is 4. The Morgan fingerprint density at radius 3 is 2.73 bits per heavy atom. The van der Waals surface area contributed by atoms with Crippen molar-refractivity contribution in [2.24, 2.45) is 0 Å². The lowest BCUT2D eigenvalue weighted by atomic mass is 10.2. The van der Waals surface area contributed by atoms with Gasteiger partial charge in [-0.1, -0.05) is 24.3 Å². The Morgan fingerprint density at radius 1 is 1.10 bits per heavy atom. The molecule has 4 aromatic rings. The molecule has 2 heterocycles. The first-order valence-electron chi connectivity index (χ1n) is 8.99. The van der Waals surface area contributed by atoms with Gasteiger partial charge in [-0.3, -0.25) is 9.59 Å². The number of nitrogens with one attached hydrogen (secondary N) is 1. The molecule has 0 atom stereocenters. The number of hydrogen-bond acceptors (Lipinski definition) is 6. The molecule has 0 spiro atoms. The van der Waals surface area contributed by atoms with Crippen LogP contribution >= 0.6 is 0 Å². The van der Waals surface area contributed by atoms with Crippen LogP contribution in [-0.4, -0.2) is 26.6 Å². The molecule has 0 fully saturated rings. The number of pyridine rings is 1. The molecule has 1 N–H and O–H groups in total. The topological polar surface area (TPSA) is 110 Å². The first-order valence-corrected chi connectivity index (χ1v) is 8.99. The monoisotopic (exact) mass is 397 g/mol. The highest BCUT2D eigenvalue weighted by molar-refractivity contribution is 6.04. The van der Waals surface area contributed by atoms with E-state index in [1.165, 1.54) is 23.9 Å². The number of esters is 1. The smallest absolute Gasteiger partial charge is 0.308 e. The predicted molar refractivity (Wildman–Crippen MR) is 109 cm³/mol. The number of benzene rings is 2. The van der Waals surface area contributed by atoms with E-state index in [9.17, 15) is 14.9 Å². The first-order chi connectivity index (χ1) is 14.5. The van der Waals surface area contributed by atoms with Crippen molar-refractivity contribution in [1.29, 1.82) is 5.26 Å². The minimum absolute atomic E-state index is 0.189. The summed E-state index contributed by atoms with van der Waals surface area (Å²) in [6, 6.07) is 19.5. The van der Waals surface area contributed by atoms with Crippen LogP contribution in [0.4, 0.5) is 5.82 Å². The number of carbonyl (C=O) groups is 2. The molecular weight excluding hydrogens is 382 g/mol. The van der Waals surface area contributed by atoms with Crippen LogP contribution in [-0.2, 0) is 4.79 Å². The van der Waals surface area contributed by atoms with E-state index in [2.05, 4.69) is 15.4 Å². The van der Waals surface area contributed by atoms with Crippen LogP contribution < -0.4 is 10.1 Å². The Kier molecular flexibility index (Phi) is 4.93. The zero-order chi connectivity index (χ0) is 21.1. The number of aromatic nitrogens is 3. The predicted octanol–water partition coefficient (Wildman–Crippen LogP) is 3.47. The second-order valence-corrected chi connectivity index (χ2v) is 6.37. The molecule has 8 nitrogen and oxygen atoms in total. The molecule has 146 valence electrons. The van der Waals surface area contributed by atoms with Crippen molar-refractivity contribution in [3.05, 3.63) is 78.0 Å². The third kappa shape index (κ3) is 3.72. The van der Waals surface area contributed by atoms with Gasteiger partial charge in [-0.15, -0.1) is 0 Å². The minimum Gasteiger partial charge on any atom is -0.427 e. The summed E-state index contributed by atoms with van der Waals surface area (Å²) in [4.78, 5) is 28.5.